The number of hydrogen-bond acceptors (Lipinski definition) is 3. The standard InChI is InChI=1S/C11H10N4/c1-15-8-10(7-13-15)14-11-5-3-2-4-9(11)6-12/h2-5,7-8,14H,1H3. The van der Waals surface area contributed by atoms with Crippen LogP contribution in [0.5, 0.6) is 0 Å². The van der Waals surface area contributed by atoms with Crippen LogP contribution in [0.4, 0.5) is 11.4 Å². The predicted molar refractivity (Wildman–Crippen MR) is 57.6 cm³/mol. The molecule has 1 heterocycles. The van der Waals surface area contributed by atoms with E-state index in [1.165, 1.54) is 0 Å². The van der Waals surface area contributed by atoms with Gasteiger partial charge in [0.25, 0.3) is 0 Å². The van der Waals surface area contributed by atoms with Crippen LogP contribution in [0.25, 0.3) is 0 Å². The summed E-state index contributed by atoms with van der Waals surface area (Å²) in [4.78, 5) is 0. The second kappa shape index (κ2) is 3.84. The minimum atomic E-state index is 0.626. The number of rotatable bonds is 2. The van der Waals surface area contributed by atoms with Gasteiger partial charge in [-0.05, 0) is 12.1 Å². The van der Waals surface area contributed by atoms with E-state index in [1.54, 1.807) is 16.9 Å². The summed E-state index contributed by atoms with van der Waals surface area (Å²) in [6.45, 7) is 0. The van der Waals surface area contributed by atoms with Gasteiger partial charge < -0.3 is 5.32 Å². The van der Waals surface area contributed by atoms with Gasteiger partial charge in [0, 0.05) is 13.2 Å². The van der Waals surface area contributed by atoms with Crippen LogP contribution < -0.4 is 5.32 Å². The first kappa shape index (κ1) is 9.28. The van der Waals surface area contributed by atoms with Gasteiger partial charge in [-0.25, -0.2) is 0 Å². The van der Waals surface area contributed by atoms with Crippen LogP contribution in [0.3, 0.4) is 0 Å². The van der Waals surface area contributed by atoms with Crippen molar-refractivity contribution in [2.45, 2.75) is 0 Å². The van der Waals surface area contributed by atoms with Gasteiger partial charge in [-0.2, -0.15) is 10.4 Å². The first-order valence-electron chi connectivity index (χ1n) is 4.54. The molecule has 2 rings (SSSR count). The van der Waals surface area contributed by atoms with Crippen molar-refractivity contribution in [1.82, 2.24) is 9.78 Å². The summed E-state index contributed by atoms with van der Waals surface area (Å²) < 4.78 is 1.71. The Kier molecular flexibility index (Phi) is 2.38. The molecular formula is C11H10N4. The van der Waals surface area contributed by atoms with Crippen molar-refractivity contribution < 1.29 is 0 Å². The third-order valence-electron chi connectivity index (χ3n) is 2.03. The van der Waals surface area contributed by atoms with E-state index in [0.29, 0.717) is 5.56 Å². The molecule has 74 valence electrons. The Hall–Kier alpha value is -2.28. The highest BCUT2D eigenvalue weighted by Crippen LogP contribution is 2.19. The molecule has 0 aliphatic rings. The third-order valence-corrected chi connectivity index (χ3v) is 2.03. The number of nitrogens with one attached hydrogen (secondary N) is 1. The lowest BCUT2D eigenvalue weighted by Gasteiger charge is -2.04. The molecular weight excluding hydrogens is 188 g/mol. The molecule has 0 aliphatic heterocycles. The van der Waals surface area contributed by atoms with Crippen LogP contribution in [-0.4, -0.2) is 9.78 Å². The van der Waals surface area contributed by atoms with E-state index in [2.05, 4.69) is 16.5 Å². The fraction of sp³-hybridized carbons (Fsp3) is 0.0909. The number of hydrogen-bond donors (Lipinski definition) is 1. The minimum Gasteiger partial charge on any atom is -0.352 e. The van der Waals surface area contributed by atoms with Crippen LogP contribution in [0.1, 0.15) is 5.56 Å². The molecule has 0 bridgehead atoms. The summed E-state index contributed by atoms with van der Waals surface area (Å²) in [6.07, 6.45) is 3.57. The molecule has 0 unspecified atom stereocenters. The number of anilines is 2. The fourth-order valence-electron chi connectivity index (χ4n) is 1.33. The van der Waals surface area contributed by atoms with E-state index in [0.717, 1.165) is 11.4 Å². The van der Waals surface area contributed by atoms with Crippen LogP contribution in [0, 0.1) is 11.3 Å². The second-order valence-corrected chi connectivity index (χ2v) is 3.19. The van der Waals surface area contributed by atoms with Gasteiger partial charge in [-0.3, -0.25) is 4.68 Å². The summed E-state index contributed by atoms with van der Waals surface area (Å²) in [5.74, 6) is 0. The van der Waals surface area contributed by atoms with E-state index >= 15 is 0 Å². The molecule has 0 spiro atoms. The summed E-state index contributed by atoms with van der Waals surface area (Å²) >= 11 is 0. The Labute approximate surface area is 87.8 Å². The molecule has 4 heteroatoms. The van der Waals surface area contributed by atoms with E-state index in [-0.39, 0.29) is 0 Å². The van der Waals surface area contributed by atoms with Gasteiger partial charge in [-0.1, -0.05) is 12.1 Å². The molecule has 1 N–H and O–H groups in total. The first-order valence-corrected chi connectivity index (χ1v) is 4.54. The van der Waals surface area contributed by atoms with Crippen molar-refractivity contribution >= 4 is 11.4 Å². The van der Waals surface area contributed by atoms with Crippen LogP contribution in [-0.2, 0) is 7.05 Å². The zero-order chi connectivity index (χ0) is 10.7. The number of para-hydroxylation sites is 1. The number of benzene rings is 1. The first-order chi connectivity index (χ1) is 7.29. The average molecular weight is 198 g/mol. The van der Waals surface area contributed by atoms with Gasteiger partial charge >= 0.3 is 0 Å². The molecule has 0 amide bonds. The highest BCUT2D eigenvalue weighted by Gasteiger charge is 2.01. The Balaban J connectivity index is 2.28. The summed E-state index contributed by atoms with van der Waals surface area (Å²) in [6, 6.07) is 9.50. The normalized spacial score (nSPS) is 9.60. The van der Waals surface area contributed by atoms with Gasteiger partial charge in [0.15, 0.2) is 0 Å². The average Bonchev–Trinajstić information content (AvgIpc) is 2.65. The van der Waals surface area contributed by atoms with E-state index in [4.69, 9.17) is 5.26 Å². The molecule has 0 fully saturated rings. The quantitative estimate of drug-likeness (QED) is 0.803. The largest absolute Gasteiger partial charge is 0.352 e. The topological polar surface area (TPSA) is 53.6 Å². The molecule has 0 saturated heterocycles. The fourth-order valence-corrected chi connectivity index (χ4v) is 1.33. The third kappa shape index (κ3) is 1.97. The smallest absolute Gasteiger partial charge is 0.101 e. The van der Waals surface area contributed by atoms with E-state index < -0.39 is 0 Å². The van der Waals surface area contributed by atoms with Crippen molar-refractivity contribution in [2.75, 3.05) is 5.32 Å². The molecule has 0 aliphatic carbocycles. The molecule has 1 aromatic heterocycles. The molecule has 1 aromatic carbocycles. The zero-order valence-corrected chi connectivity index (χ0v) is 8.31. The molecule has 4 nitrogen and oxygen atoms in total. The maximum absolute atomic E-state index is 8.89. The molecule has 0 saturated carbocycles. The minimum absolute atomic E-state index is 0.626. The van der Waals surface area contributed by atoms with Crippen molar-refractivity contribution in [3.05, 3.63) is 42.2 Å². The molecule has 2 aromatic rings. The molecule has 0 radical (unpaired) electrons. The Morgan fingerprint density at radius 1 is 1.40 bits per heavy atom. The van der Waals surface area contributed by atoms with E-state index in [1.807, 2.05) is 31.4 Å². The highest BCUT2D eigenvalue weighted by atomic mass is 15.3. The SMILES string of the molecule is Cn1cc(Nc2ccccc2C#N)cn1. The van der Waals surface area contributed by atoms with Crippen molar-refractivity contribution in [3.8, 4) is 6.07 Å². The maximum atomic E-state index is 8.89. The lowest BCUT2D eigenvalue weighted by atomic mass is 10.2. The number of aromatic nitrogens is 2. The van der Waals surface area contributed by atoms with Gasteiger partial charge in [0.2, 0.25) is 0 Å². The second-order valence-electron chi connectivity index (χ2n) is 3.19. The van der Waals surface area contributed by atoms with Gasteiger partial charge in [0.1, 0.15) is 6.07 Å². The Morgan fingerprint density at radius 2 is 2.20 bits per heavy atom. The predicted octanol–water partition coefficient (Wildman–Crippen LogP) is 2.04. The van der Waals surface area contributed by atoms with E-state index in [9.17, 15) is 0 Å². The lowest BCUT2D eigenvalue weighted by Crippen LogP contribution is -1.91. The van der Waals surface area contributed by atoms with Crippen molar-refractivity contribution in [1.29, 1.82) is 5.26 Å². The number of nitrogens with zero attached hydrogens (tertiary/aromatic N) is 3. The highest BCUT2D eigenvalue weighted by molar-refractivity contribution is 5.65. The van der Waals surface area contributed by atoms with Crippen molar-refractivity contribution in [2.24, 2.45) is 7.05 Å². The Morgan fingerprint density at radius 3 is 2.87 bits per heavy atom. The van der Waals surface area contributed by atoms with Gasteiger partial charge in [0.05, 0.1) is 23.1 Å². The summed E-state index contributed by atoms with van der Waals surface area (Å²) in [5, 5.41) is 16.1. The molecule has 15 heavy (non-hydrogen) atoms. The maximum Gasteiger partial charge on any atom is 0.101 e. The number of aryl methyl sites for hydroxylation is 1. The van der Waals surface area contributed by atoms with Crippen LogP contribution in [0.2, 0.25) is 0 Å². The Bertz CT molecular complexity index is 507. The summed E-state index contributed by atoms with van der Waals surface area (Å²) in [7, 11) is 1.85. The lowest BCUT2D eigenvalue weighted by molar-refractivity contribution is 0.768. The van der Waals surface area contributed by atoms with Gasteiger partial charge in [-0.15, -0.1) is 0 Å². The van der Waals surface area contributed by atoms with Crippen LogP contribution in [0.15, 0.2) is 36.7 Å². The monoisotopic (exact) mass is 198 g/mol. The summed E-state index contributed by atoms with van der Waals surface area (Å²) in [5.41, 5.74) is 2.30. The van der Waals surface area contributed by atoms with Crippen LogP contribution >= 0.6 is 0 Å². The molecule has 0 atom stereocenters. The van der Waals surface area contributed by atoms with Crippen molar-refractivity contribution in [3.63, 3.8) is 0 Å². The number of nitriles is 1. The zero-order valence-electron chi connectivity index (χ0n) is 8.31.